The second-order valence-corrected chi connectivity index (χ2v) is 4.86. The van der Waals surface area contributed by atoms with E-state index in [2.05, 4.69) is 9.88 Å². The van der Waals surface area contributed by atoms with Crippen LogP contribution in [0.2, 0.25) is 0 Å². The first kappa shape index (κ1) is 13.4. The lowest BCUT2D eigenvalue weighted by Crippen LogP contribution is -2.39. The molecule has 1 aromatic rings. The molecule has 0 spiro atoms. The maximum atomic E-state index is 12.5. The monoisotopic (exact) mass is 261 g/mol. The molecule has 2 heterocycles. The van der Waals surface area contributed by atoms with Gasteiger partial charge in [0.25, 0.3) is 0 Å². The van der Waals surface area contributed by atoms with Crippen molar-refractivity contribution < 1.29 is 13.2 Å². The summed E-state index contributed by atoms with van der Waals surface area (Å²) in [5.74, 6) is -0.130. The molecule has 6 heteroatoms. The highest BCUT2D eigenvalue weighted by atomic mass is 19.4. The molecule has 18 heavy (non-hydrogen) atoms. The lowest BCUT2D eigenvalue weighted by Gasteiger charge is -2.32. The van der Waals surface area contributed by atoms with Crippen LogP contribution in [0.25, 0.3) is 0 Å². The van der Waals surface area contributed by atoms with E-state index in [1.807, 2.05) is 17.8 Å². The Morgan fingerprint density at radius 2 is 2.00 bits per heavy atom. The number of rotatable bonds is 3. The zero-order valence-corrected chi connectivity index (χ0v) is 10.5. The lowest BCUT2D eigenvalue weighted by atomic mass is 9.96. The van der Waals surface area contributed by atoms with Crippen molar-refractivity contribution in [1.29, 1.82) is 0 Å². The molecule has 3 nitrogen and oxygen atoms in total. The van der Waals surface area contributed by atoms with Crippen LogP contribution in [-0.4, -0.2) is 40.3 Å². The van der Waals surface area contributed by atoms with Crippen LogP contribution in [0.5, 0.6) is 0 Å². The molecule has 0 saturated carbocycles. The fourth-order valence-corrected chi connectivity index (χ4v) is 2.38. The van der Waals surface area contributed by atoms with E-state index in [9.17, 15) is 13.2 Å². The molecule has 1 aromatic heterocycles. The molecular formula is C12H18F3N3. The van der Waals surface area contributed by atoms with Gasteiger partial charge in [-0.2, -0.15) is 13.2 Å². The second-order valence-electron chi connectivity index (χ2n) is 4.86. The first-order valence-electron chi connectivity index (χ1n) is 6.22. The van der Waals surface area contributed by atoms with Crippen LogP contribution in [-0.2, 0) is 13.5 Å². The van der Waals surface area contributed by atoms with Crippen LogP contribution in [0.3, 0.4) is 0 Å². The van der Waals surface area contributed by atoms with Crippen LogP contribution in [0, 0.1) is 5.92 Å². The fourth-order valence-electron chi connectivity index (χ4n) is 2.38. The van der Waals surface area contributed by atoms with Gasteiger partial charge in [0, 0.05) is 32.4 Å². The molecule has 2 rings (SSSR count). The van der Waals surface area contributed by atoms with Crippen LogP contribution < -0.4 is 0 Å². The maximum Gasteiger partial charge on any atom is 0.391 e. The lowest BCUT2D eigenvalue weighted by molar-refractivity contribution is -0.185. The van der Waals surface area contributed by atoms with E-state index in [0.29, 0.717) is 13.1 Å². The molecule has 1 saturated heterocycles. The Balaban J connectivity index is 1.76. The number of piperidine rings is 1. The minimum Gasteiger partial charge on any atom is -0.338 e. The first-order valence-corrected chi connectivity index (χ1v) is 6.22. The predicted molar refractivity (Wildman–Crippen MR) is 62.1 cm³/mol. The number of aryl methyl sites for hydroxylation is 1. The molecule has 1 fully saturated rings. The Hall–Kier alpha value is -1.04. The summed E-state index contributed by atoms with van der Waals surface area (Å²) < 4.78 is 39.4. The summed E-state index contributed by atoms with van der Waals surface area (Å²) >= 11 is 0. The van der Waals surface area contributed by atoms with E-state index in [0.717, 1.165) is 18.8 Å². The van der Waals surface area contributed by atoms with Gasteiger partial charge in [-0.3, -0.25) is 0 Å². The number of halogens is 3. The van der Waals surface area contributed by atoms with Crippen molar-refractivity contribution >= 4 is 0 Å². The molecule has 0 radical (unpaired) electrons. The average molecular weight is 261 g/mol. The fraction of sp³-hybridized carbons (Fsp3) is 0.750. The third kappa shape index (κ3) is 3.25. The van der Waals surface area contributed by atoms with Crippen LogP contribution in [0.15, 0.2) is 12.4 Å². The Bertz CT molecular complexity index is 378. The number of imidazole rings is 1. The summed E-state index contributed by atoms with van der Waals surface area (Å²) in [4.78, 5) is 6.30. The van der Waals surface area contributed by atoms with Crippen LogP contribution in [0.1, 0.15) is 18.7 Å². The van der Waals surface area contributed by atoms with Gasteiger partial charge in [-0.15, -0.1) is 0 Å². The molecule has 0 aliphatic carbocycles. The van der Waals surface area contributed by atoms with Gasteiger partial charge in [0.1, 0.15) is 5.82 Å². The summed E-state index contributed by atoms with van der Waals surface area (Å²) in [5, 5.41) is 0. The largest absolute Gasteiger partial charge is 0.391 e. The van der Waals surface area contributed by atoms with Crippen molar-refractivity contribution in [2.45, 2.75) is 25.4 Å². The number of hydrogen-bond acceptors (Lipinski definition) is 2. The molecule has 1 aliphatic rings. The third-order valence-electron chi connectivity index (χ3n) is 3.62. The highest BCUT2D eigenvalue weighted by Crippen LogP contribution is 2.33. The Labute approximate surface area is 105 Å². The molecule has 0 atom stereocenters. The third-order valence-corrected chi connectivity index (χ3v) is 3.62. The van der Waals surface area contributed by atoms with Gasteiger partial charge >= 0.3 is 6.18 Å². The highest BCUT2D eigenvalue weighted by molar-refractivity contribution is 4.92. The number of hydrogen-bond donors (Lipinski definition) is 0. The first-order chi connectivity index (χ1) is 8.47. The minimum absolute atomic E-state index is 0.226. The Morgan fingerprint density at radius 1 is 1.33 bits per heavy atom. The van der Waals surface area contributed by atoms with Crippen molar-refractivity contribution in [3.63, 3.8) is 0 Å². The second kappa shape index (κ2) is 5.30. The van der Waals surface area contributed by atoms with Gasteiger partial charge < -0.3 is 9.47 Å². The summed E-state index contributed by atoms with van der Waals surface area (Å²) in [6, 6.07) is 0. The van der Waals surface area contributed by atoms with Crippen molar-refractivity contribution in [1.82, 2.24) is 14.5 Å². The van der Waals surface area contributed by atoms with Gasteiger partial charge in [0.05, 0.1) is 5.92 Å². The van der Waals surface area contributed by atoms with Gasteiger partial charge in [0.2, 0.25) is 0 Å². The van der Waals surface area contributed by atoms with Crippen LogP contribution >= 0.6 is 0 Å². The van der Waals surface area contributed by atoms with E-state index >= 15 is 0 Å². The molecule has 0 amide bonds. The van der Waals surface area contributed by atoms with E-state index in [4.69, 9.17) is 0 Å². The number of nitrogens with zero attached hydrogens (tertiary/aromatic N) is 3. The number of aromatic nitrogens is 2. The van der Waals surface area contributed by atoms with E-state index < -0.39 is 12.1 Å². The highest BCUT2D eigenvalue weighted by Gasteiger charge is 2.40. The summed E-state index contributed by atoms with van der Waals surface area (Å²) in [5.41, 5.74) is 0. The number of alkyl halides is 3. The molecular weight excluding hydrogens is 243 g/mol. The molecule has 0 bridgehead atoms. The van der Waals surface area contributed by atoms with E-state index in [-0.39, 0.29) is 12.8 Å². The summed E-state index contributed by atoms with van der Waals surface area (Å²) in [7, 11) is 1.93. The SMILES string of the molecule is Cn1ccnc1CCN1CCC(C(F)(F)F)CC1. The zero-order chi connectivity index (χ0) is 13.2. The molecule has 102 valence electrons. The van der Waals surface area contributed by atoms with E-state index in [1.54, 1.807) is 6.20 Å². The summed E-state index contributed by atoms with van der Waals surface area (Å²) in [6.45, 7) is 1.86. The predicted octanol–water partition coefficient (Wildman–Crippen LogP) is 2.24. The maximum absolute atomic E-state index is 12.5. The minimum atomic E-state index is -4.02. The van der Waals surface area contributed by atoms with Gasteiger partial charge in [0.15, 0.2) is 0 Å². The van der Waals surface area contributed by atoms with Crippen molar-refractivity contribution in [2.75, 3.05) is 19.6 Å². The molecule has 0 aromatic carbocycles. The molecule has 0 N–H and O–H groups in total. The summed E-state index contributed by atoms with van der Waals surface area (Å²) in [6.07, 6.45) is 0.844. The molecule has 0 unspecified atom stereocenters. The normalized spacial score (nSPS) is 19.3. The Kier molecular flexibility index (Phi) is 3.94. The quantitative estimate of drug-likeness (QED) is 0.832. The molecule has 1 aliphatic heterocycles. The van der Waals surface area contributed by atoms with Gasteiger partial charge in [-0.25, -0.2) is 4.98 Å². The smallest absolute Gasteiger partial charge is 0.338 e. The van der Waals surface area contributed by atoms with Crippen molar-refractivity contribution in [3.8, 4) is 0 Å². The van der Waals surface area contributed by atoms with E-state index in [1.165, 1.54) is 0 Å². The number of likely N-dealkylation sites (tertiary alicyclic amines) is 1. The topological polar surface area (TPSA) is 21.1 Å². The standard InChI is InChI=1S/C12H18F3N3/c1-17-9-5-16-11(17)4-8-18-6-2-10(3-7-18)12(13,14)15/h5,9-10H,2-4,6-8H2,1H3. The average Bonchev–Trinajstić information content (AvgIpc) is 2.72. The van der Waals surface area contributed by atoms with Crippen molar-refractivity contribution in [2.24, 2.45) is 13.0 Å². The Morgan fingerprint density at radius 3 is 2.50 bits per heavy atom. The van der Waals surface area contributed by atoms with Crippen LogP contribution in [0.4, 0.5) is 13.2 Å². The van der Waals surface area contributed by atoms with Crippen molar-refractivity contribution in [3.05, 3.63) is 18.2 Å². The zero-order valence-electron chi connectivity index (χ0n) is 10.5. The van der Waals surface area contributed by atoms with Gasteiger partial charge in [-0.1, -0.05) is 0 Å². The van der Waals surface area contributed by atoms with Gasteiger partial charge in [-0.05, 0) is 25.9 Å².